The number of aromatic hydroxyl groups is 1. The Hall–Kier alpha value is -2.96. The summed E-state index contributed by atoms with van der Waals surface area (Å²) in [6, 6.07) is 11.1. The molecule has 0 aliphatic rings. The Morgan fingerprint density at radius 3 is 2.39 bits per heavy atom. The molecule has 3 rings (SSSR count). The maximum atomic E-state index is 12.9. The van der Waals surface area contributed by atoms with Gasteiger partial charge in [0.1, 0.15) is 11.3 Å². The van der Waals surface area contributed by atoms with Crippen LogP contribution in [0.3, 0.4) is 0 Å². The van der Waals surface area contributed by atoms with Gasteiger partial charge in [-0.25, -0.2) is 0 Å². The Balaban J connectivity index is 2.07. The van der Waals surface area contributed by atoms with E-state index in [1.807, 2.05) is 0 Å². The van der Waals surface area contributed by atoms with Crippen LogP contribution in [0.1, 0.15) is 5.56 Å². The quantitative estimate of drug-likeness (QED) is 0.645. The number of pyridine rings is 1. The molecule has 0 saturated heterocycles. The smallest absolute Gasteiger partial charge is 0.418 e. The number of benzene rings is 2. The van der Waals surface area contributed by atoms with Crippen molar-refractivity contribution in [2.45, 2.75) is 6.18 Å². The van der Waals surface area contributed by atoms with Gasteiger partial charge in [0.05, 0.1) is 16.9 Å². The molecule has 1 aromatic heterocycles. The Bertz CT molecular complexity index is 891. The summed E-state index contributed by atoms with van der Waals surface area (Å²) in [5, 5.41) is 17.9. The lowest BCUT2D eigenvalue weighted by atomic mass is 10.1. The van der Waals surface area contributed by atoms with Gasteiger partial charge in [0.15, 0.2) is 0 Å². The van der Waals surface area contributed by atoms with Crippen molar-refractivity contribution < 1.29 is 18.3 Å². The molecule has 1 heterocycles. The molecule has 0 radical (unpaired) electrons. The van der Waals surface area contributed by atoms with Crippen molar-refractivity contribution in [1.29, 1.82) is 0 Å². The minimum Gasteiger partial charge on any atom is -0.506 e. The van der Waals surface area contributed by atoms with Crippen LogP contribution in [0.25, 0.3) is 10.9 Å². The maximum absolute atomic E-state index is 12.9. The summed E-state index contributed by atoms with van der Waals surface area (Å²) in [4.78, 5) is 4.02. The lowest BCUT2D eigenvalue weighted by molar-refractivity contribution is -0.137. The highest BCUT2D eigenvalue weighted by molar-refractivity contribution is 5.93. The number of phenols is 1. The molecule has 7 heteroatoms. The van der Waals surface area contributed by atoms with Crippen LogP contribution in [0.4, 0.5) is 24.5 Å². The van der Waals surface area contributed by atoms with Crippen LogP contribution in [0.5, 0.6) is 5.75 Å². The number of aromatic nitrogens is 1. The molecule has 0 spiro atoms. The number of alkyl halides is 3. The summed E-state index contributed by atoms with van der Waals surface area (Å²) in [6.45, 7) is 0. The fraction of sp³-hybridized carbons (Fsp3) is 0.0625. The second kappa shape index (κ2) is 5.68. The third kappa shape index (κ3) is 2.98. The molecule has 2 aromatic carbocycles. The molecule has 23 heavy (non-hydrogen) atoms. The third-order valence-electron chi connectivity index (χ3n) is 3.20. The van der Waals surface area contributed by atoms with E-state index in [0.29, 0.717) is 16.6 Å². The van der Waals surface area contributed by atoms with Gasteiger partial charge < -0.3 is 5.11 Å². The molecule has 4 nitrogen and oxygen atoms in total. The molecule has 1 N–H and O–H groups in total. The average molecular weight is 317 g/mol. The molecule has 3 aromatic rings. The minimum atomic E-state index is -4.51. The number of fused-ring (bicyclic) bond motifs is 1. The highest BCUT2D eigenvalue weighted by atomic mass is 19.4. The van der Waals surface area contributed by atoms with Crippen molar-refractivity contribution in [3.05, 3.63) is 60.3 Å². The Morgan fingerprint density at radius 2 is 1.61 bits per heavy atom. The lowest BCUT2D eigenvalue weighted by Crippen LogP contribution is -2.04. The van der Waals surface area contributed by atoms with Gasteiger partial charge in [-0.15, -0.1) is 10.2 Å². The van der Waals surface area contributed by atoms with Crippen LogP contribution in [0.2, 0.25) is 0 Å². The van der Waals surface area contributed by atoms with Gasteiger partial charge in [-0.3, -0.25) is 4.98 Å². The van der Waals surface area contributed by atoms with Crippen LogP contribution in [-0.4, -0.2) is 10.1 Å². The van der Waals surface area contributed by atoms with E-state index in [4.69, 9.17) is 0 Å². The molecule has 0 aliphatic carbocycles. The number of rotatable bonds is 2. The van der Waals surface area contributed by atoms with Crippen LogP contribution >= 0.6 is 0 Å². The minimum absolute atomic E-state index is 0.0322. The molecule has 116 valence electrons. The van der Waals surface area contributed by atoms with Crippen molar-refractivity contribution in [3.63, 3.8) is 0 Å². The summed E-state index contributed by atoms with van der Waals surface area (Å²) < 4.78 is 38.8. The lowest BCUT2D eigenvalue weighted by Gasteiger charge is -2.08. The van der Waals surface area contributed by atoms with Crippen molar-refractivity contribution in [2.24, 2.45) is 10.2 Å². The molecule has 0 aliphatic heterocycles. The fourth-order valence-electron chi connectivity index (χ4n) is 2.14. The van der Waals surface area contributed by atoms with Gasteiger partial charge in [-0.05, 0) is 36.4 Å². The van der Waals surface area contributed by atoms with Crippen molar-refractivity contribution in [2.75, 3.05) is 0 Å². The molecule has 0 fully saturated rings. The number of halogens is 3. The topological polar surface area (TPSA) is 57.8 Å². The van der Waals surface area contributed by atoms with E-state index in [0.717, 1.165) is 6.07 Å². The highest BCUT2D eigenvalue weighted by Gasteiger charge is 2.33. The molecule has 0 saturated carbocycles. The van der Waals surface area contributed by atoms with Crippen molar-refractivity contribution >= 4 is 22.3 Å². The Labute approximate surface area is 128 Å². The zero-order valence-corrected chi connectivity index (χ0v) is 11.6. The predicted octanol–water partition coefficient (Wildman–Crippen LogP) is 5.37. The molecule has 0 bridgehead atoms. The normalized spacial score (nSPS) is 12.1. The summed E-state index contributed by atoms with van der Waals surface area (Å²) >= 11 is 0. The first-order valence-corrected chi connectivity index (χ1v) is 6.61. The van der Waals surface area contributed by atoms with Gasteiger partial charge in [-0.2, -0.15) is 13.2 Å². The number of phenolic OH excluding ortho intramolecular Hbond substituents is 1. The summed E-state index contributed by atoms with van der Waals surface area (Å²) in [6.07, 6.45) is -3.00. The average Bonchev–Trinajstić information content (AvgIpc) is 2.54. The SMILES string of the molecule is Oc1ccc(N=Nc2ccccc2C(F)(F)F)c2cccnc12. The first-order valence-electron chi connectivity index (χ1n) is 6.61. The van der Waals surface area contributed by atoms with Gasteiger partial charge in [0.25, 0.3) is 0 Å². The summed E-state index contributed by atoms with van der Waals surface area (Å²) in [5.41, 5.74) is -0.494. The van der Waals surface area contributed by atoms with Crippen molar-refractivity contribution in [1.82, 2.24) is 4.98 Å². The molecular formula is C16H10F3N3O. The molecular weight excluding hydrogens is 307 g/mol. The molecule has 0 amide bonds. The number of hydrogen-bond acceptors (Lipinski definition) is 4. The third-order valence-corrected chi connectivity index (χ3v) is 3.20. The largest absolute Gasteiger partial charge is 0.506 e. The zero-order valence-electron chi connectivity index (χ0n) is 11.6. The van der Waals surface area contributed by atoms with Crippen molar-refractivity contribution in [3.8, 4) is 5.75 Å². The van der Waals surface area contributed by atoms with Crippen LogP contribution in [0, 0.1) is 0 Å². The molecule has 0 unspecified atom stereocenters. The van der Waals surface area contributed by atoms with E-state index < -0.39 is 11.7 Å². The van der Waals surface area contributed by atoms with E-state index in [2.05, 4.69) is 15.2 Å². The van der Waals surface area contributed by atoms with Gasteiger partial charge in [0.2, 0.25) is 0 Å². The number of nitrogens with zero attached hydrogens (tertiary/aromatic N) is 3. The first kappa shape index (κ1) is 15.0. The zero-order chi connectivity index (χ0) is 16.4. The van der Waals surface area contributed by atoms with Crippen LogP contribution in [-0.2, 0) is 6.18 Å². The first-order chi connectivity index (χ1) is 11.0. The monoisotopic (exact) mass is 317 g/mol. The predicted molar refractivity (Wildman–Crippen MR) is 79.0 cm³/mol. The number of azo groups is 1. The molecule has 0 atom stereocenters. The second-order valence-electron chi connectivity index (χ2n) is 4.72. The summed E-state index contributed by atoms with van der Waals surface area (Å²) in [7, 11) is 0. The maximum Gasteiger partial charge on any atom is 0.418 e. The van der Waals surface area contributed by atoms with E-state index >= 15 is 0 Å². The highest BCUT2D eigenvalue weighted by Crippen LogP contribution is 2.37. The van der Waals surface area contributed by atoms with E-state index in [1.54, 1.807) is 12.1 Å². The van der Waals surface area contributed by atoms with Gasteiger partial charge in [0, 0.05) is 11.6 Å². The van der Waals surface area contributed by atoms with E-state index in [1.165, 1.54) is 36.5 Å². The number of hydrogen-bond donors (Lipinski definition) is 1. The van der Waals surface area contributed by atoms with E-state index in [9.17, 15) is 18.3 Å². The van der Waals surface area contributed by atoms with E-state index in [-0.39, 0.29) is 11.4 Å². The van der Waals surface area contributed by atoms with Gasteiger partial charge in [-0.1, -0.05) is 12.1 Å². The summed E-state index contributed by atoms with van der Waals surface area (Å²) in [5.74, 6) is -0.0322. The van der Waals surface area contributed by atoms with Crippen LogP contribution < -0.4 is 0 Å². The second-order valence-corrected chi connectivity index (χ2v) is 4.72. The Morgan fingerprint density at radius 1 is 0.870 bits per heavy atom. The van der Waals surface area contributed by atoms with Gasteiger partial charge >= 0.3 is 6.18 Å². The van der Waals surface area contributed by atoms with Crippen LogP contribution in [0.15, 0.2) is 65.0 Å². The fourth-order valence-corrected chi connectivity index (χ4v) is 2.14. The standard InChI is InChI=1S/C16H10F3N3O/c17-16(18,19)11-5-1-2-6-13(11)22-21-12-7-8-14(23)15-10(12)4-3-9-20-15/h1-9,23H. The Kier molecular flexibility index (Phi) is 3.69.